The number of terminal acetylenes is 1. The van der Waals surface area contributed by atoms with E-state index in [1.807, 2.05) is 0 Å². The smallest absolute Gasteiger partial charge is 0.0599 e. The maximum Gasteiger partial charge on any atom is 0.0599 e. The van der Waals surface area contributed by atoms with Gasteiger partial charge in [-0.2, -0.15) is 0 Å². The topological polar surface area (TPSA) is 29.3 Å². The molecule has 68 valence electrons. The van der Waals surface area contributed by atoms with Crippen molar-refractivity contribution in [1.82, 2.24) is 4.90 Å². The average Bonchev–Trinajstić information content (AvgIpc) is 2.01. The Balaban J connectivity index is 2.31. The van der Waals surface area contributed by atoms with E-state index in [4.69, 9.17) is 12.2 Å². The number of likely N-dealkylation sites (N-methyl/N-ethyl adjacent to an activating group) is 1. The molecule has 0 atom stereocenters. The third-order valence-corrected chi connectivity index (χ3v) is 2.65. The van der Waals surface area contributed by atoms with Gasteiger partial charge in [-0.05, 0) is 25.8 Å². The van der Waals surface area contributed by atoms with Crippen molar-refractivity contribution in [2.45, 2.75) is 31.7 Å². The van der Waals surface area contributed by atoms with E-state index < -0.39 is 0 Å². The van der Waals surface area contributed by atoms with Crippen LogP contribution >= 0.6 is 0 Å². The van der Waals surface area contributed by atoms with Gasteiger partial charge in [-0.3, -0.25) is 4.90 Å². The minimum Gasteiger partial charge on any atom is -0.324 e. The molecule has 2 heteroatoms. The Bertz CT molecular complexity index is 177. The van der Waals surface area contributed by atoms with Crippen LogP contribution in [0.3, 0.4) is 0 Å². The summed E-state index contributed by atoms with van der Waals surface area (Å²) in [5, 5.41) is 0. The first-order valence-corrected chi connectivity index (χ1v) is 4.65. The molecule has 1 aliphatic rings. The molecule has 0 saturated heterocycles. The van der Waals surface area contributed by atoms with E-state index >= 15 is 0 Å². The van der Waals surface area contributed by atoms with Gasteiger partial charge in [0.15, 0.2) is 0 Å². The zero-order valence-corrected chi connectivity index (χ0v) is 7.84. The first kappa shape index (κ1) is 9.57. The molecule has 1 rings (SSSR count). The second-order valence-corrected chi connectivity index (χ2v) is 3.72. The predicted molar refractivity (Wildman–Crippen MR) is 51.7 cm³/mol. The highest BCUT2D eigenvalue weighted by molar-refractivity contribution is 4.97. The van der Waals surface area contributed by atoms with Crippen LogP contribution < -0.4 is 5.73 Å². The lowest BCUT2D eigenvalue weighted by Crippen LogP contribution is -2.55. The molecule has 0 unspecified atom stereocenters. The number of hydrogen-bond donors (Lipinski definition) is 1. The fraction of sp³-hybridized carbons (Fsp3) is 0.800. The SMILES string of the molecule is C#CCN(CC)CC1(N)CCC1. The second-order valence-electron chi connectivity index (χ2n) is 3.72. The van der Waals surface area contributed by atoms with Crippen LogP contribution in [0.4, 0.5) is 0 Å². The van der Waals surface area contributed by atoms with Crippen LogP contribution in [0, 0.1) is 12.3 Å². The Morgan fingerprint density at radius 2 is 2.25 bits per heavy atom. The van der Waals surface area contributed by atoms with E-state index in [1.165, 1.54) is 6.42 Å². The third-order valence-electron chi connectivity index (χ3n) is 2.65. The van der Waals surface area contributed by atoms with Crippen LogP contribution in [0.2, 0.25) is 0 Å². The molecule has 2 N–H and O–H groups in total. The van der Waals surface area contributed by atoms with Gasteiger partial charge < -0.3 is 5.73 Å². The fourth-order valence-electron chi connectivity index (χ4n) is 1.64. The van der Waals surface area contributed by atoms with Crippen molar-refractivity contribution in [3.05, 3.63) is 0 Å². The molecule has 0 spiro atoms. The first-order valence-electron chi connectivity index (χ1n) is 4.65. The van der Waals surface area contributed by atoms with Crippen molar-refractivity contribution in [3.8, 4) is 12.3 Å². The van der Waals surface area contributed by atoms with Crippen LogP contribution in [0.5, 0.6) is 0 Å². The zero-order chi connectivity index (χ0) is 9.03. The molecule has 12 heavy (non-hydrogen) atoms. The molecule has 1 fully saturated rings. The first-order chi connectivity index (χ1) is 5.70. The number of rotatable bonds is 4. The lowest BCUT2D eigenvalue weighted by molar-refractivity contribution is 0.160. The number of hydrogen-bond acceptors (Lipinski definition) is 2. The predicted octanol–water partition coefficient (Wildman–Crippen LogP) is 0.823. The molecule has 1 aliphatic carbocycles. The molecule has 0 radical (unpaired) electrons. The Labute approximate surface area is 75.1 Å². The summed E-state index contributed by atoms with van der Waals surface area (Å²) in [5.41, 5.74) is 6.18. The Hall–Kier alpha value is -0.520. The van der Waals surface area contributed by atoms with Crippen molar-refractivity contribution in [3.63, 3.8) is 0 Å². The van der Waals surface area contributed by atoms with Crippen LogP contribution in [-0.4, -0.2) is 30.1 Å². The van der Waals surface area contributed by atoms with Crippen molar-refractivity contribution >= 4 is 0 Å². The summed E-state index contributed by atoms with van der Waals surface area (Å²) in [6.07, 6.45) is 8.85. The summed E-state index contributed by atoms with van der Waals surface area (Å²) in [6.45, 7) is 4.83. The maximum atomic E-state index is 6.10. The van der Waals surface area contributed by atoms with Gasteiger partial charge in [0.05, 0.1) is 6.54 Å². The summed E-state index contributed by atoms with van der Waals surface area (Å²) in [7, 11) is 0. The van der Waals surface area contributed by atoms with Crippen LogP contribution in [0.1, 0.15) is 26.2 Å². The van der Waals surface area contributed by atoms with E-state index in [9.17, 15) is 0 Å². The summed E-state index contributed by atoms with van der Waals surface area (Å²) in [6, 6.07) is 0. The van der Waals surface area contributed by atoms with Gasteiger partial charge in [-0.15, -0.1) is 6.42 Å². The highest BCUT2D eigenvalue weighted by Crippen LogP contribution is 2.29. The fourth-order valence-corrected chi connectivity index (χ4v) is 1.64. The van der Waals surface area contributed by atoms with Crippen molar-refractivity contribution in [2.24, 2.45) is 5.73 Å². The Morgan fingerprint density at radius 3 is 2.58 bits per heavy atom. The molecule has 0 aromatic rings. The zero-order valence-electron chi connectivity index (χ0n) is 7.84. The van der Waals surface area contributed by atoms with Gasteiger partial charge in [0, 0.05) is 12.1 Å². The summed E-state index contributed by atoms with van der Waals surface area (Å²) >= 11 is 0. The summed E-state index contributed by atoms with van der Waals surface area (Å²) < 4.78 is 0. The summed E-state index contributed by atoms with van der Waals surface area (Å²) in [5.74, 6) is 2.66. The minimum absolute atomic E-state index is 0.0763. The van der Waals surface area contributed by atoms with Gasteiger partial charge in [-0.1, -0.05) is 12.8 Å². The molecule has 0 aromatic carbocycles. The highest BCUT2D eigenvalue weighted by Gasteiger charge is 2.33. The van der Waals surface area contributed by atoms with Gasteiger partial charge >= 0.3 is 0 Å². The van der Waals surface area contributed by atoms with Gasteiger partial charge in [0.2, 0.25) is 0 Å². The molecule has 1 saturated carbocycles. The van der Waals surface area contributed by atoms with Crippen LogP contribution in [0.15, 0.2) is 0 Å². The van der Waals surface area contributed by atoms with Gasteiger partial charge in [0.1, 0.15) is 0 Å². The molecule has 0 aliphatic heterocycles. The lowest BCUT2D eigenvalue weighted by Gasteiger charge is -2.41. The number of nitrogens with two attached hydrogens (primary N) is 1. The molecular weight excluding hydrogens is 148 g/mol. The van der Waals surface area contributed by atoms with Crippen molar-refractivity contribution in [1.29, 1.82) is 0 Å². The van der Waals surface area contributed by atoms with Crippen molar-refractivity contribution in [2.75, 3.05) is 19.6 Å². The molecule has 0 aromatic heterocycles. The Morgan fingerprint density at radius 1 is 1.58 bits per heavy atom. The number of nitrogens with zero attached hydrogens (tertiary/aromatic N) is 1. The van der Waals surface area contributed by atoms with E-state index in [0.717, 1.165) is 32.5 Å². The molecule has 2 nitrogen and oxygen atoms in total. The largest absolute Gasteiger partial charge is 0.324 e. The average molecular weight is 166 g/mol. The lowest BCUT2D eigenvalue weighted by atomic mass is 9.77. The minimum atomic E-state index is 0.0763. The normalized spacial score (nSPS) is 20.2. The monoisotopic (exact) mass is 166 g/mol. The molecule has 0 heterocycles. The van der Waals surface area contributed by atoms with Crippen LogP contribution in [-0.2, 0) is 0 Å². The quantitative estimate of drug-likeness (QED) is 0.627. The second kappa shape index (κ2) is 3.93. The van der Waals surface area contributed by atoms with E-state index in [0.29, 0.717) is 0 Å². The van der Waals surface area contributed by atoms with Gasteiger partial charge in [0.25, 0.3) is 0 Å². The molecule has 0 amide bonds. The van der Waals surface area contributed by atoms with Crippen LogP contribution in [0.25, 0.3) is 0 Å². The van der Waals surface area contributed by atoms with Crippen molar-refractivity contribution < 1.29 is 0 Å². The summed E-state index contributed by atoms with van der Waals surface area (Å²) in [4.78, 5) is 2.24. The standard InChI is InChI=1S/C10H18N2/c1-3-8-12(4-2)9-10(11)6-5-7-10/h1H,4-9,11H2,2H3. The maximum absolute atomic E-state index is 6.10. The Kier molecular flexibility index (Phi) is 3.13. The highest BCUT2D eigenvalue weighted by atomic mass is 15.1. The van der Waals surface area contributed by atoms with E-state index in [2.05, 4.69) is 17.7 Å². The van der Waals surface area contributed by atoms with Gasteiger partial charge in [-0.25, -0.2) is 0 Å². The third kappa shape index (κ3) is 2.23. The molecular formula is C10H18N2. The van der Waals surface area contributed by atoms with E-state index in [1.54, 1.807) is 0 Å². The van der Waals surface area contributed by atoms with E-state index in [-0.39, 0.29) is 5.54 Å². The molecule has 0 bridgehead atoms.